The molecular formula is C27H19Cl2N3O2S. The fraction of sp³-hybridized carbons (Fsp3) is 0.0741. The van der Waals surface area contributed by atoms with Crippen molar-refractivity contribution >= 4 is 52.2 Å². The van der Waals surface area contributed by atoms with Gasteiger partial charge in [-0.3, -0.25) is 14.2 Å². The standard InChI is InChI=1S/C27H19Cl2N3O2S/c1-16-23(25(33)31-20-8-3-2-4-9-20)24(17-11-13-19(28)14-12-17)32-26(34)22(35-27(32)30-16)15-18-7-5-6-10-21(18)29/h2-15,24H,1H3,(H,31,33). The molecule has 35 heavy (non-hydrogen) atoms. The topological polar surface area (TPSA) is 63.5 Å². The van der Waals surface area contributed by atoms with Gasteiger partial charge in [-0.2, -0.15) is 0 Å². The number of halogens is 2. The summed E-state index contributed by atoms with van der Waals surface area (Å²) in [6.45, 7) is 1.79. The smallest absolute Gasteiger partial charge is 0.271 e. The second-order valence-corrected chi connectivity index (χ2v) is 9.83. The van der Waals surface area contributed by atoms with E-state index in [1.807, 2.05) is 60.7 Å². The molecule has 5 rings (SSSR count). The number of nitrogens with zero attached hydrogens (tertiary/aromatic N) is 2. The first-order valence-corrected chi connectivity index (χ1v) is 12.4. The van der Waals surface area contributed by atoms with Crippen molar-refractivity contribution in [2.45, 2.75) is 13.0 Å². The van der Waals surface area contributed by atoms with E-state index in [1.165, 1.54) is 11.3 Å². The normalized spacial score (nSPS) is 15.5. The maximum atomic E-state index is 13.7. The van der Waals surface area contributed by atoms with Gasteiger partial charge in [-0.1, -0.05) is 83.1 Å². The van der Waals surface area contributed by atoms with Gasteiger partial charge in [-0.05, 0) is 54.5 Å². The Bertz CT molecular complexity index is 1640. The molecule has 0 bridgehead atoms. The van der Waals surface area contributed by atoms with E-state index in [4.69, 9.17) is 23.2 Å². The number of allylic oxidation sites excluding steroid dienone is 1. The Morgan fingerprint density at radius 2 is 1.69 bits per heavy atom. The van der Waals surface area contributed by atoms with Crippen LogP contribution in [0.3, 0.4) is 0 Å². The minimum atomic E-state index is -0.666. The molecule has 1 amide bonds. The Balaban J connectivity index is 1.69. The number of carbonyl (C=O) groups is 1. The highest BCUT2D eigenvalue weighted by molar-refractivity contribution is 7.07. The van der Waals surface area contributed by atoms with Crippen LogP contribution in [0.25, 0.3) is 6.08 Å². The predicted molar refractivity (Wildman–Crippen MR) is 142 cm³/mol. The van der Waals surface area contributed by atoms with Gasteiger partial charge in [0.15, 0.2) is 4.80 Å². The van der Waals surface area contributed by atoms with Gasteiger partial charge in [-0.25, -0.2) is 4.99 Å². The number of thiazole rings is 1. The first-order chi connectivity index (χ1) is 16.9. The molecule has 0 saturated carbocycles. The zero-order valence-electron chi connectivity index (χ0n) is 18.5. The van der Waals surface area contributed by atoms with Crippen LogP contribution in [0.1, 0.15) is 24.1 Å². The van der Waals surface area contributed by atoms with Crippen LogP contribution in [0.15, 0.2) is 99.9 Å². The van der Waals surface area contributed by atoms with Gasteiger partial charge >= 0.3 is 0 Å². The summed E-state index contributed by atoms with van der Waals surface area (Å²) in [5.41, 5.74) is 2.85. The van der Waals surface area contributed by atoms with Crippen molar-refractivity contribution in [1.29, 1.82) is 0 Å². The van der Waals surface area contributed by atoms with Crippen LogP contribution >= 0.6 is 34.5 Å². The summed E-state index contributed by atoms with van der Waals surface area (Å²) in [4.78, 5) is 32.3. The van der Waals surface area contributed by atoms with Crippen LogP contribution in [0, 0.1) is 0 Å². The summed E-state index contributed by atoms with van der Waals surface area (Å²) in [6, 6.07) is 23.0. The Morgan fingerprint density at radius 3 is 2.40 bits per heavy atom. The zero-order valence-corrected chi connectivity index (χ0v) is 20.9. The molecule has 1 atom stereocenters. The summed E-state index contributed by atoms with van der Waals surface area (Å²) in [7, 11) is 0. The van der Waals surface area contributed by atoms with Crippen molar-refractivity contribution in [3.8, 4) is 0 Å². The summed E-state index contributed by atoms with van der Waals surface area (Å²) >= 11 is 13.7. The highest BCUT2D eigenvalue weighted by Crippen LogP contribution is 2.31. The van der Waals surface area contributed by atoms with E-state index < -0.39 is 6.04 Å². The lowest BCUT2D eigenvalue weighted by atomic mass is 9.95. The number of para-hydroxylation sites is 1. The Kier molecular flexibility index (Phi) is 6.43. The average molecular weight is 520 g/mol. The Labute approximate surface area is 215 Å². The predicted octanol–water partition coefficient (Wildman–Crippen LogP) is 5.18. The van der Waals surface area contributed by atoms with Crippen LogP contribution in [0.2, 0.25) is 10.0 Å². The Hall–Kier alpha value is -3.45. The number of nitrogens with one attached hydrogen (secondary N) is 1. The molecule has 0 saturated heterocycles. The van der Waals surface area contributed by atoms with Crippen LogP contribution in [-0.4, -0.2) is 10.5 Å². The third kappa shape index (κ3) is 4.60. The van der Waals surface area contributed by atoms with Crippen molar-refractivity contribution in [2.24, 2.45) is 4.99 Å². The van der Waals surface area contributed by atoms with E-state index in [-0.39, 0.29) is 11.5 Å². The first kappa shape index (κ1) is 23.3. The third-order valence-electron chi connectivity index (χ3n) is 5.68. The third-order valence-corrected chi connectivity index (χ3v) is 7.25. The van der Waals surface area contributed by atoms with Gasteiger partial charge in [0.25, 0.3) is 11.5 Å². The van der Waals surface area contributed by atoms with Crippen molar-refractivity contribution in [3.05, 3.63) is 131 Å². The number of fused-ring (bicyclic) bond motifs is 1. The largest absolute Gasteiger partial charge is 0.322 e. The SMILES string of the molecule is CC1=C(C(=O)Nc2ccccc2)C(c2ccc(Cl)cc2)n2c(sc(=Cc3ccccc3Cl)c2=O)=N1. The van der Waals surface area contributed by atoms with Crippen LogP contribution in [0.4, 0.5) is 5.69 Å². The molecular weight excluding hydrogens is 501 g/mol. The number of amides is 1. The highest BCUT2D eigenvalue weighted by atomic mass is 35.5. The lowest BCUT2D eigenvalue weighted by Gasteiger charge is -2.25. The molecule has 0 spiro atoms. The van der Waals surface area contributed by atoms with E-state index in [0.29, 0.717) is 36.3 Å². The molecule has 8 heteroatoms. The van der Waals surface area contributed by atoms with E-state index in [9.17, 15) is 9.59 Å². The van der Waals surface area contributed by atoms with Gasteiger partial charge in [0.1, 0.15) is 0 Å². The monoisotopic (exact) mass is 519 g/mol. The second kappa shape index (κ2) is 9.66. The minimum Gasteiger partial charge on any atom is -0.322 e. The van der Waals surface area contributed by atoms with Gasteiger partial charge < -0.3 is 5.32 Å². The molecule has 0 aliphatic carbocycles. The quantitative estimate of drug-likeness (QED) is 0.403. The summed E-state index contributed by atoms with van der Waals surface area (Å²) < 4.78 is 2.05. The molecule has 174 valence electrons. The van der Waals surface area contributed by atoms with Crippen molar-refractivity contribution in [2.75, 3.05) is 5.32 Å². The highest BCUT2D eigenvalue weighted by Gasteiger charge is 2.32. The average Bonchev–Trinajstić information content (AvgIpc) is 3.15. The molecule has 4 aromatic rings. The van der Waals surface area contributed by atoms with Crippen molar-refractivity contribution in [3.63, 3.8) is 0 Å². The van der Waals surface area contributed by atoms with Gasteiger partial charge in [-0.15, -0.1) is 0 Å². The van der Waals surface area contributed by atoms with Gasteiger partial charge in [0, 0.05) is 15.7 Å². The van der Waals surface area contributed by atoms with Gasteiger partial charge in [0.2, 0.25) is 0 Å². The van der Waals surface area contributed by atoms with E-state index in [2.05, 4.69) is 10.3 Å². The van der Waals surface area contributed by atoms with E-state index in [1.54, 1.807) is 35.8 Å². The van der Waals surface area contributed by atoms with Crippen LogP contribution in [-0.2, 0) is 4.79 Å². The second-order valence-electron chi connectivity index (χ2n) is 7.98. The number of rotatable bonds is 4. The number of benzene rings is 3. The fourth-order valence-electron chi connectivity index (χ4n) is 4.03. The number of anilines is 1. The lowest BCUT2D eigenvalue weighted by molar-refractivity contribution is -0.113. The maximum absolute atomic E-state index is 13.7. The molecule has 1 unspecified atom stereocenters. The van der Waals surface area contributed by atoms with Crippen molar-refractivity contribution in [1.82, 2.24) is 4.57 Å². The minimum absolute atomic E-state index is 0.244. The van der Waals surface area contributed by atoms with Crippen molar-refractivity contribution < 1.29 is 4.79 Å². The van der Waals surface area contributed by atoms with Crippen LogP contribution < -0.4 is 20.2 Å². The molecule has 1 aliphatic heterocycles. The molecule has 2 heterocycles. The summed E-state index contributed by atoms with van der Waals surface area (Å²) in [6.07, 6.45) is 1.76. The van der Waals surface area contributed by atoms with Crippen LogP contribution in [0.5, 0.6) is 0 Å². The maximum Gasteiger partial charge on any atom is 0.271 e. The number of hydrogen-bond acceptors (Lipinski definition) is 4. The molecule has 1 aromatic heterocycles. The number of hydrogen-bond donors (Lipinski definition) is 1. The fourth-order valence-corrected chi connectivity index (χ4v) is 5.38. The molecule has 1 aliphatic rings. The number of carbonyl (C=O) groups excluding carboxylic acids is 1. The van der Waals surface area contributed by atoms with E-state index in [0.717, 1.165) is 11.1 Å². The molecule has 0 radical (unpaired) electrons. The molecule has 5 nitrogen and oxygen atoms in total. The molecule has 1 N–H and O–H groups in total. The first-order valence-electron chi connectivity index (χ1n) is 10.8. The molecule has 3 aromatic carbocycles. The number of aromatic nitrogens is 1. The zero-order chi connectivity index (χ0) is 24.5. The Morgan fingerprint density at radius 1 is 1.00 bits per heavy atom. The van der Waals surface area contributed by atoms with E-state index >= 15 is 0 Å². The molecule has 0 fully saturated rings. The van der Waals surface area contributed by atoms with Gasteiger partial charge in [0.05, 0.1) is 21.8 Å². The summed E-state index contributed by atoms with van der Waals surface area (Å²) in [5, 5.41) is 4.05. The summed E-state index contributed by atoms with van der Waals surface area (Å²) in [5.74, 6) is -0.321. The lowest BCUT2D eigenvalue weighted by Crippen LogP contribution is -2.40.